The second-order valence-corrected chi connectivity index (χ2v) is 6.51. The molecular weight excluding hydrogens is 302 g/mol. The predicted molar refractivity (Wildman–Crippen MR) is 93.1 cm³/mol. The highest BCUT2D eigenvalue weighted by molar-refractivity contribution is 5.84. The molecule has 3 heterocycles. The summed E-state index contributed by atoms with van der Waals surface area (Å²) in [6, 6.07) is 0. The van der Waals surface area contributed by atoms with E-state index in [9.17, 15) is 0 Å². The first kappa shape index (κ1) is 15.1. The van der Waals surface area contributed by atoms with Crippen molar-refractivity contribution in [1.29, 1.82) is 0 Å². The average Bonchev–Trinajstić information content (AvgIpc) is 3.23. The lowest BCUT2D eigenvalue weighted by atomic mass is 9.89. The molecule has 3 aromatic rings. The third kappa shape index (κ3) is 2.98. The van der Waals surface area contributed by atoms with Crippen molar-refractivity contribution < 1.29 is 0 Å². The van der Waals surface area contributed by atoms with Gasteiger partial charge in [-0.2, -0.15) is 5.10 Å². The molecular formula is C17H23N7. The molecule has 1 aliphatic carbocycles. The van der Waals surface area contributed by atoms with E-state index in [0.29, 0.717) is 0 Å². The van der Waals surface area contributed by atoms with Crippen molar-refractivity contribution in [3.63, 3.8) is 0 Å². The van der Waals surface area contributed by atoms with Crippen molar-refractivity contribution in [2.24, 2.45) is 5.92 Å². The van der Waals surface area contributed by atoms with Crippen LogP contribution >= 0.6 is 0 Å². The number of aryl methyl sites for hydroxylation is 1. The third-order valence-electron chi connectivity index (χ3n) is 4.81. The zero-order chi connectivity index (χ0) is 16.4. The second kappa shape index (κ2) is 6.59. The molecule has 7 heteroatoms. The van der Waals surface area contributed by atoms with Crippen LogP contribution in [-0.2, 0) is 13.1 Å². The number of nitrogens with zero attached hydrogens (tertiary/aromatic N) is 6. The Bertz CT molecular complexity index is 813. The van der Waals surface area contributed by atoms with Crippen molar-refractivity contribution in [3.05, 3.63) is 25.0 Å². The average molecular weight is 325 g/mol. The summed E-state index contributed by atoms with van der Waals surface area (Å²) < 4.78 is 4.05. The van der Waals surface area contributed by atoms with Gasteiger partial charge in [0.05, 0.1) is 18.2 Å². The van der Waals surface area contributed by atoms with Gasteiger partial charge in [0.15, 0.2) is 17.0 Å². The Balaban J connectivity index is 1.50. The maximum atomic E-state index is 4.49. The van der Waals surface area contributed by atoms with Crippen LogP contribution in [0.5, 0.6) is 0 Å². The Kier molecular flexibility index (Phi) is 4.15. The van der Waals surface area contributed by atoms with Gasteiger partial charge in [-0.1, -0.05) is 19.3 Å². The number of hydrogen-bond donors (Lipinski definition) is 1. The van der Waals surface area contributed by atoms with Crippen LogP contribution in [0.15, 0.2) is 25.0 Å². The van der Waals surface area contributed by atoms with Crippen LogP contribution in [0.25, 0.3) is 11.2 Å². The maximum absolute atomic E-state index is 4.49. The molecule has 0 spiro atoms. The summed E-state index contributed by atoms with van der Waals surface area (Å²) in [7, 11) is 0. The van der Waals surface area contributed by atoms with E-state index in [1.54, 1.807) is 12.7 Å². The van der Waals surface area contributed by atoms with E-state index in [1.165, 1.54) is 32.1 Å². The third-order valence-corrected chi connectivity index (χ3v) is 4.81. The quantitative estimate of drug-likeness (QED) is 0.778. The fourth-order valence-corrected chi connectivity index (χ4v) is 3.50. The van der Waals surface area contributed by atoms with E-state index in [0.717, 1.165) is 41.7 Å². The van der Waals surface area contributed by atoms with Gasteiger partial charge in [0.2, 0.25) is 0 Å². The summed E-state index contributed by atoms with van der Waals surface area (Å²) in [5.41, 5.74) is 2.58. The molecule has 1 saturated carbocycles. The largest absolute Gasteiger partial charge is 0.336 e. The first-order valence-corrected chi connectivity index (χ1v) is 8.79. The van der Waals surface area contributed by atoms with Crippen LogP contribution in [0.4, 0.5) is 11.5 Å². The van der Waals surface area contributed by atoms with Crippen molar-refractivity contribution in [3.8, 4) is 0 Å². The van der Waals surface area contributed by atoms with E-state index in [2.05, 4.69) is 38.5 Å². The van der Waals surface area contributed by atoms with E-state index >= 15 is 0 Å². The molecule has 0 bridgehead atoms. The fourth-order valence-electron chi connectivity index (χ4n) is 3.50. The number of aromatic nitrogens is 6. The molecule has 1 fully saturated rings. The lowest BCUT2D eigenvalue weighted by Crippen LogP contribution is -2.14. The van der Waals surface area contributed by atoms with Crippen LogP contribution in [-0.4, -0.2) is 29.3 Å². The highest BCUT2D eigenvalue weighted by Crippen LogP contribution is 2.26. The van der Waals surface area contributed by atoms with Gasteiger partial charge in [-0.25, -0.2) is 15.0 Å². The minimum atomic E-state index is 0.726. The van der Waals surface area contributed by atoms with Gasteiger partial charge in [-0.15, -0.1) is 0 Å². The first-order chi connectivity index (χ1) is 11.8. The molecule has 4 rings (SSSR count). The van der Waals surface area contributed by atoms with Gasteiger partial charge in [-0.3, -0.25) is 4.68 Å². The van der Waals surface area contributed by atoms with E-state index < -0.39 is 0 Å². The number of anilines is 2. The molecule has 0 amide bonds. The van der Waals surface area contributed by atoms with Crippen LogP contribution in [0.1, 0.15) is 39.0 Å². The SMILES string of the molecule is CCn1cnc2c(Nc3cnn(CC4CCCCC4)c3)ncnc21. The minimum Gasteiger partial charge on any atom is -0.336 e. The minimum absolute atomic E-state index is 0.726. The molecule has 7 nitrogen and oxygen atoms in total. The summed E-state index contributed by atoms with van der Waals surface area (Å²) in [5.74, 6) is 1.49. The van der Waals surface area contributed by atoms with Crippen LogP contribution < -0.4 is 5.32 Å². The first-order valence-electron chi connectivity index (χ1n) is 8.79. The Morgan fingerprint density at radius 2 is 2.04 bits per heavy atom. The number of rotatable bonds is 5. The Labute approximate surface area is 141 Å². The second-order valence-electron chi connectivity index (χ2n) is 6.51. The number of hydrogen-bond acceptors (Lipinski definition) is 5. The zero-order valence-electron chi connectivity index (χ0n) is 14.0. The molecule has 3 aromatic heterocycles. The van der Waals surface area contributed by atoms with Crippen LogP contribution in [0, 0.1) is 5.92 Å². The molecule has 0 aliphatic heterocycles. The van der Waals surface area contributed by atoms with E-state index in [-0.39, 0.29) is 0 Å². The molecule has 1 aliphatic rings. The lowest BCUT2D eigenvalue weighted by Gasteiger charge is -2.21. The molecule has 0 saturated heterocycles. The molecule has 0 atom stereocenters. The highest BCUT2D eigenvalue weighted by atomic mass is 15.3. The number of nitrogens with one attached hydrogen (secondary N) is 1. The van der Waals surface area contributed by atoms with Gasteiger partial charge in [-0.05, 0) is 25.7 Å². The highest BCUT2D eigenvalue weighted by Gasteiger charge is 2.15. The summed E-state index contributed by atoms with van der Waals surface area (Å²) in [6.07, 6.45) is 14.0. The smallest absolute Gasteiger partial charge is 0.165 e. The molecule has 0 radical (unpaired) electrons. The zero-order valence-corrected chi connectivity index (χ0v) is 14.0. The lowest BCUT2D eigenvalue weighted by molar-refractivity contribution is 0.308. The van der Waals surface area contributed by atoms with Crippen LogP contribution in [0.3, 0.4) is 0 Å². The Morgan fingerprint density at radius 1 is 1.17 bits per heavy atom. The Hall–Kier alpha value is -2.44. The van der Waals surface area contributed by atoms with Gasteiger partial charge in [0.25, 0.3) is 0 Å². The van der Waals surface area contributed by atoms with Crippen molar-refractivity contribution >= 4 is 22.7 Å². The molecule has 24 heavy (non-hydrogen) atoms. The van der Waals surface area contributed by atoms with Crippen molar-refractivity contribution in [2.45, 2.75) is 52.1 Å². The van der Waals surface area contributed by atoms with E-state index in [1.807, 2.05) is 15.4 Å². The topological polar surface area (TPSA) is 73.5 Å². The standard InChI is InChI=1S/C17H23N7/c1-2-23-12-20-15-16(18-11-19-17(15)23)22-14-8-21-24(10-14)9-13-6-4-3-5-7-13/h8,10-13H,2-7,9H2,1H3,(H,18,19,22). The predicted octanol–water partition coefficient (Wildman–Crippen LogP) is 3.37. The van der Waals surface area contributed by atoms with Crippen molar-refractivity contribution in [2.75, 3.05) is 5.32 Å². The van der Waals surface area contributed by atoms with Crippen molar-refractivity contribution in [1.82, 2.24) is 29.3 Å². The van der Waals surface area contributed by atoms with E-state index in [4.69, 9.17) is 0 Å². The van der Waals surface area contributed by atoms with Gasteiger partial charge < -0.3 is 9.88 Å². The van der Waals surface area contributed by atoms with Gasteiger partial charge in [0.1, 0.15) is 6.33 Å². The summed E-state index contributed by atoms with van der Waals surface area (Å²) in [4.78, 5) is 13.1. The number of fused-ring (bicyclic) bond motifs is 1. The van der Waals surface area contributed by atoms with Crippen LogP contribution in [0.2, 0.25) is 0 Å². The number of imidazole rings is 1. The molecule has 1 N–H and O–H groups in total. The van der Waals surface area contributed by atoms with Gasteiger partial charge >= 0.3 is 0 Å². The molecule has 0 unspecified atom stereocenters. The summed E-state index contributed by atoms with van der Waals surface area (Å²) in [6.45, 7) is 3.92. The summed E-state index contributed by atoms with van der Waals surface area (Å²) >= 11 is 0. The van der Waals surface area contributed by atoms with Gasteiger partial charge in [0, 0.05) is 19.3 Å². The maximum Gasteiger partial charge on any atom is 0.165 e. The summed E-state index contributed by atoms with van der Waals surface area (Å²) in [5, 5.41) is 7.82. The monoisotopic (exact) mass is 325 g/mol. The Morgan fingerprint density at radius 3 is 2.88 bits per heavy atom. The molecule has 126 valence electrons. The molecule has 0 aromatic carbocycles. The normalized spacial score (nSPS) is 15.9. The fraction of sp³-hybridized carbons (Fsp3) is 0.529.